The number of fused-ring (bicyclic) bond motifs is 1. The second kappa shape index (κ2) is 5.58. The zero-order valence-electron chi connectivity index (χ0n) is 12.3. The minimum Gasteiger partial charge on any atom is -0.375 e. The number of carbonyl (C=O) groups is 1. The molecule has 20 heavy (non-hydrogen) atoms. The summed E-state index contributed by atoms with van der Waals surface area (Å²) in [6.07, 6.45) is 0.510. The predicted molar refractivity (Wildman–Crippen MR) is 76.5 cm³/mol. The highest BCUT2D eigenvalue weighted by Gasteiger charge is 2.30. The number of nitrogens with one attached hydrogen (secondary N) is 1. The normalized spacial score (nSPS) is 26.4. The van der Waals surface area contributed by atoms with Crippen LogP contribution in [0.2, 0.25) is 0 Å². The summed E-state index contributed by atoms with van der Waals surface area (Å²) in [5, 5.41) is 3.27. The first-order valence-electron chi connectivity index (χ1n) is 7.44. The summed E-state index contributed by atoms with van der Waals surface area (Å²) in [4.78, 5) is 14.5. The zero-order valence-corrected chi connectivity index (χ0v) is 12.3. The SMILES string of the molecule is Cc1ccc2n1CCN(C(=O)CC1CNCCO1)C2C. The monoisotopic (exact) mass is 277 g/mol. The van der Waals surface area contributed by atoms with Crippen LogP contribution in [0.4, 0.5) is 0 Å². The molecule has 5 heteroatoms. The predicted octanol–water partition coefficient (Wildman–Crippen LogP) is 1.08. The largest absolute Gasteiger partial charge is 0.375 e. The summed E-state index contributed by atoms with van der Waals surface area (Å²) in [5.41, 5.74) is 2.52. The molecule has 0 bridgehead atoms. The van der Waals surface area contributed by atoms with Gasteiger partial charge in [-0.05, 0) is 26.0 Å². The molecule has 5 nitrogen and oxygen atoms in total. The van der Waals surface area contributed by atoms with Crippen molar-refractivity contribution in [1.29, 1.82) is 0 Å². The minimum atomic E-state index is 0.0268. The highest BCUT2D eigenvalue weighted by atomic mass is 16.5. The van der Waals surface area contributed by atoms with Crippen molar-refractivity contribution in [2.45, 2.75) is 39.0 Å². The van der Waals surface area contributed by atoms with Gasteiger partial charge < -0.3 is 19.5 Å². The molecule has 3 heterocycles. The van der Waals surface area contributed by atoms with E-state index < -0.39 is 0 Å². The number of nitrogens with zero attached hydrogens (tertiary/aromatic N) is 2. The first-order valence-corrected chi connectivity index (χ1v) is 7.44. The van der Waals surface area contributed by atoms with E-state index in [1.165, 1.54) is 11.4 Å². The van der Waals surface area contributed by atoms with Gasteiger partial charge in [0, 0.05) is 37.6 Å². The molecule has 0 spiro atoms. The molecule has 110 valence electrons. The van der Waals surface area contributed by atoms with Crippen molar-refractivity contribution < 1.29 is 9.53 Å². The second-order valence-corrected chi connectivity index (χ2v) is 5.72. The number of hydrogen-bond donors (Lipinski definition) is 1. The molecule has 0 saturated carbocycles. The first-order chi connectivity index (χ1) is 9.66. The van der Waals surface area contributed by atoms with Crippen molar-refractivity contribution in [3.05, 3.63) is 23.5 Å². The van der Waals surface area contributed by atoms with Gasteiger partial charge in [0.2, 0.25) is 5.91 Å². The second-order valence-electron chi connectivity index (χ2n) is 5.72. The molecule has 3 rings (SSSR count). The molecule has 1 saturated heterocycles. The van der Waals surface area contributed by atoms with Gasteiger partial charge in [0.15, 0.2) is 0 Å². The molecule has 1 fully saturated rings. The topological polar surface area (TPSA) is 46.5 Å². The molecular formula is C15H23N3O2. The van der Waals surface area contributed by atoms with Crippen molar-refractivity contribution in [2.75, 3.05) is 26.2 Å². The lowest BCUT2D eigenvalue weighted by Gasteiger charge is -2.36. The van der Waals surface area contributed by atoms with Crippen molar-refractivity contribution in [1.82, 2.24) is 14.8 Å². The molecular weight excluding hydrogens is 254 g/mol. The van der Waals surface area contributed by atoms with Gasteiger partial charge in [-0.15, -0.1) is 0 Å². The van der Waals surface area contributed by atoms with Crippen LogP contribution in [0.3, 0.4) is 0 Å². The maximum absolute atomic E-state index is 12.5. The van der Waals surface area contributed by atoms with Gasteiger partial charge in [-0.2, -0.15) is 0 Å². The van der Waals surface area contributed by atoms with Crippen molar-refractivity contribution in [3.8, 4) is 0 Å². The third kappa shape index (κ3) is 2.47. The van der Waals surface area contributed by atoms with Crippen molar-refractivity contribution in [2.24, 2.45) is 0 Å². The van der Waals surface area contributed by atoms with Gasteiger partial charge in [0.1, 0.15) is 0 Å². The molecule has 0 aliphatic carbocycles. The van der Waals surface area contributed by atoms with Crippen LogP contribution in [-0.2, 0) is 16.1 Å². The third-order valence-electron chi connectivity index (χ3n) is 4.42. The molecule has 2 unspecified atom stereocenters. The lowest BCUT2D eigenvalue weighted by atomic mass is 10.1. The Morgan fingerprint density at radius 3 is 3.05 bits per heavy atom. The Morgan fingerprint density at radius 2 is 2.30 bits per heavy atom. The van der Waals surface area contributed by atoms with Crippen LogP contribution >= 0.6 is 0 Å². The fraction of sp³-hybridized carbons (Fsp3) is 0.667. The Hall–Kier alpha value is -1.33. The third-order valence-corrected chi connectivity index (χ3v) is 4.42. The highest BCUT2D eigenvalue weighted by molar-refractivity contribution is 5.77. The average Bonchev–Trinajstić information content (AvgIpc) is 2.83. The highest BCUT2D eigenvalue weighted by Crippen LogP contribution is 2.28. The molecule has 1 aromatic heterocycles. The summed E-state index contributed by atoms with van der Waals surface area (Å²) in [5.74, 6) is 0.205. The van der Waals surface area contributed by atoms with Gasteiger partial charge in [-0.1, -0.05) is 0 Å². The van der Waals surface area contributed by atoms with E-state index >= 15 is 0 Å². The van der Waals surface area contributed by atoms with Gasteiger partial charge in [-0.3, -0.25) is 4.79 Å². The number of amides is 1. The van der Waals surface area contributed by atoms with Gasteiger partial charge in [0.05, 0.1) is 25.2 Å². The van der Waals surface area contributed by atoms with E-state index in [2.05, 4.69) is 35.9 Å². The zero-order chi connectivity index (χ0) is 14.1. The van der Waals surface area contributed by atoms with Gasteiger partial charge in [-0.25, -0.2) is 0 Å². The number of ether oxygens (including phenoxy) is 1. The molecule has 1 aromatic rings. The lowest BCUT2D eigenvalue weighted by Crippen LogP contribution is -2.45. The maximum Gasteiger partial charge on any atom is 0.225 e. The molecule has 0 radical (unpaired) electrons. The summed E-state index contributed by atoms with van der Waals surface area (Å²) in [7, 11) is 0. The smallest absolute Gasteiger partial charge is 0.225 e. The quantitative estimate of drug-likeness (QED) is 0.880. The van der Waals surface area contributed by atoms with Crippen LogP contribution in [0, 0.1) is 6.92 Å². The Kier molecular flexibility index (Phi) is 3.81. The number of carbonyl (C=O) groups excluding carboxylic acids is 1. The molecule has 2 aliphatic heterocycles. The van der Waals surface area contributed by atoms with Crippen LogP contribution in [0.25, 0.3) is 0 Å². The number of aromatic nitrogens is 1. The summed E-state index contributed by atoms with van der Waals surface area (Å²) in [6.45, 7) is 8.30. The lowest BCUT2D eigenvalue weighted by molar-refractivity contribution is -0.138. The molecule has 2 aliphatic rings. The Bertz CT molecular complexity index is 491. The molecule has 0 aromatic carbocycles. The summed E-state index contributed by atoms with van der Waals surface area (Å²) < 4.78 is 7.95. The Morgan fingerprint density at radius 1 is 1.45 bits per heavy atom. The van der Waals surface area contributed by atoms with E-state index in [-0.39, 0.29) is 18.1 Å². The Labute approximate surface area is 119 Å². The maximum atomic E-state index is 12.5. The Balaban J connectivity index is 1.67. The number of morpholine rings is 1. The fourth-order valence-electron chi connectivity index (χ4n) is 3.22. The van der Waals surface area contributed by atoms with E-state index in [1.807, 2.05) is 4.90 Å². The standard InChI is InChI=1S/C15H23N3O2/c1-11-3-4-14-12(2)18(7-6-17(11)14)15(19)9-13-10-16-5-8-20-13/h3-4,12-13,16H,5-10H2,1-2H3. The van der Waals surface area contributed by atoms with Gasteiger partial charge >= 0.3 is 0 Å². The molecule has 2 atom stereocenters. The van der Waals surface area contributed by atoms with Crippen LogP contribution in [0.5, 0.6) is 0 Å². The van der Waals surface area contributed by atoms with Crippen molar-refractivity contribution >= 4 is 5.91 Å². The molecule has 1 amide bonds. The van der Waals surface area contributed by atoms with Crippen molar-refractivity contribution in [3.63, 3.8) is 0 Å². The summed E-state index contributed by atoms with van der Waals surface area (Å²) in [6, 6.07) is 4.42. The molecule has 1 N–H and O–H groups in total. The average molecular weight is 277 g/mol. The van der Waals surface area contributed by atoms with E-state index in [1.54, 1.807) is 0 Å². The summed E-state index contributed by atoms with van der Waals surface area (Å²) >= 11 is 0. The van der Waals surface area contributed by atoms with E-state index in [0.717, 1.165) is 26.2 Å². The number of aryl methyl sites for hydroxylation is 1. The van der Waals surface area contributed by atoms with Crippen LogP contribution in [0.1, 0.15) is 30.8 Å². The van der Waals surface area contributed by atoms with Gasteiger partial charge in [0.25, 0.3) is 0 Å². The van der Waals surface area contributed by atoms with E-state index in [9.17, 15) is 4.79 Å². The fourth-order valence-corrected chi connectivity index (χ4v) is 3.22. The van der Waals surface area contributed by atoms with Crippen LogP contribution in [-0.4, -0.2) is 47.7 Å². The first kappa shape index (κ1) is 13.6. The van der Waals surface area contributed by atoms with Crippen LogP contribution < -0.4 is 5.32 Å². The minimum absolute atomic E-state index is 0.0268. The van der Waals surface area contributed by atoms with Crippen LogP contribution in [0.15, 0.2) is 12.1 Å². The number of hydrogen-bond acceptors (Lipinski definition) is 3. The van der Waals surface area contributed by atoms with E-state index in [4.69, 9.17) is 4.74 Å². The number of rotatable bonds is 2. The van der Waals surface area contributed by atoms with E-state index in [0.29, 0.717) is 13.0 Å².